The number of aliphatic hydroxyl groups excluding tert-OH is 1. The third-order valence-electron chi connectivity index (χ3n) is 2.08. The Morgan fingerprint density at radius 2 is 1.69 bits per heavy atom. The molecule has 1 N–H and O–H groups in total. The maximum Gasteiger partial charge on any atom is 0.0606 e. The molecule has 2 heteroatoms. The Morgan fingerprint density at radius 1 is 1.15 bits per heavy atom. The molecule has 0 aromatic heterocycles. The lowest BCUT2D eigenvalue weighted by Crippen LogP contribution is -2.21. The van der Waals surface area contributed by atoms with Crippen LogP contribution in [0.4, 0.5) is 5.69 Å². The molecule has 13 heavy (non-hydrogen) atoms. The van der Waals surface area contributed by atoms with E-state index < -0.39 is 0 Å². The predicted molar refractivity (Wildman–Crippen MR) is 56.3 cm³/mol. The van der Waals surface area contributed by atoms with Crippen LogP contribution in [-0.2, 0) is 0 Å². The standard InChI is InChI=1S/C11H17NO/c1-9-6-10(2)8-11(7-9)12(3)4-5-13/h6-8,13H,4-5H2,1-3H3. The highest BCUT2D eigenvalue weighted by Crippen LogP contribution is 2.16. The molecule has 0 saturated carbocycles. The summed E-state index contributed by atoms with van der Waals surface area (Å²) in [6.45, 7) is 5.05. The molecular weight excluding hydrogens is 162 g/mol. The van der Waals surface area contributed by atoms with E-state index in [1.165, 1.54) is 16.8 Å². The fourth-order valence-corrected chi connectivity index (χ4v) is 1.45. The molecule has 0 unspecified atom stereocenters. The number of benzene rings is 1. The van der Waals surface area contributed by atoms with Crippen molar-refractivity contribution in [3.05, 3.63) is 29.3 Å². The van der Waals surface area contributed by atoms with Crippen LogP contribution in [-0.4, -0.2) is 25.3 Å². The summed E-state index contributed by atoms with van der Waals surface area (Å²) in [5, 5.41) is 8.79. The predicted octanol–water partition coefficient (Wildman–Crippen LogP) is 1.73. The summed E-state index contributed by atoms with van der Waals surface area (Å²) in [5.74, 6) is 0. The number of hydrogen-bond acceptors (Lipinski definition) is 2. The summed E-state index contributed by atoms with van der Waals surface area (Å²) in [4.78, 5) is 2.06. The van der Waals surface area contributed by atoms with Crippen molar-refractivity contribution in [2.24, 2.45) is 0 Å². The normalized spacial score (nSPS) is 10.2. The Bertz CT molecular complexity index is 263. The molecule has 0 spiro atoms. The molecule has 0 fully saturated rings. The molecule has 1 aromatic carbocycles. The van der Waals surface area contributed by atoms with Crippen molar-refractivity contribution in [2.45, 2.75) is 13.8 Å². The van der Waals surface area contributed by atoms with Crippen LogP contribution in [0.2, 0.25) is 0 Å². The van der Waals surface area contributed by atoms with Crippen molar-refractivity contribution >= 4 is 5.69 Å². The van der Waals surface area contributed by atoms with Crippen LogP contribution in [0, 0.1) is 13.8 Å². The topological polar surface area (TPSA) is 23.5 Å². The van der Waals surface area contributed by atoms with E-state index in [2.05, 4.69) is 36.9 Å². The number of anilines is 1. The average molecular weight is 179 g/mol. The second-order valence-corrected chi connectivity index (χ2v) is 3.49. The highest BCUT2D eigenvalue weighted by molar-refractivity contribution is 5.50. The number of hydrogen-bond donors (Lipinski definition) is 1. The smallest absolute Gasteiger partial charge is 0.0606 e. The Morgan fingerprint density at radius 3 is 2.15 bits per heavy atom. The SMILES string of the molecule is Cc1cc(C)cc(N(C)CCO)c1. The number of aryl methyl sites for hydroxylation is 2. The molecule has 0 aliphatic carbocycles. The van der Waals surface area contributed by atoms with Gasteiger partial charge in [0.2, 0.25) is 0 Å². The average Bonchev–Trinajstić information content (AvgIpc) is 2.03. The van der Waals surface area contributed by atoms with Gasteiger partial charge in [-0.2, -0.15) is 0 Å². The van der Waals surface area contributed by atoms with Gasteiger partial charge >= 0.3 is 0 Å². The van der Waals surface area contributed by atoms with Crippen molar-refractivity contribution in [1.82, 2.24) is 0 Å². The Kier molecular flexibility index (Phi) is 3.32. The molecule has 72 valence electrons. The zero-order chi connectivity index (χ0) is 9.84. The minimum absolute atomic E-state index is 0.198. The van der Waals surface area contributed by atoms with Crippen LogP contribution in [0.3, 0.4) is 0 Å². The van der Waals surface area contributed by atoms with Crippen molar-refractivity contribution in [2.75, 3.05) is 25.1 Å². The van der Waals surface area contributed by atoms with Gasteiger partial charge in [0.05, 0.1) is 6.61 Å². The first kappa shape index (κ1) is 10.1. The van der Waals surface area contributed by atoms with Crippen molar-refractivity contribution in [3.63, 3.8) is 0 Å². The van der Waals surface area contributed by atoms with Gasteiger partial charge in [-0.05, 0) is 37.1 Å². The van der Waals surface area contributed by atoms with Gasteiger partial charge in [-0.3, -0.25) is 0 Å². The van der Waals surface area contributed by atoms with Crippen molar-refractivity contribution < 1.29 is 5.11 Å². The first-order valence-electron chi connectivity index (χ1n) is 4.54. The third-order valence-corrected chi connectivity index (χ3v) is 2.08. The molecule has 0 aliphatic rings. The lowest BCUT2D eigenvalue weighted by Gasteiger charge is -2.18. The second kappa shape index (κ2) is 4.28. The first-order valence-corrected chi connectivity index (χ1v) is 4.54. The van der Waals surface area contributed by atoms with E-state index in [-0.39, 0.29) is 6.61 Å². The molecule has 0 saturated heterocycles. The Hall–Kier alpha value is -1.02. The Labute approximate surface area is 79.8 Å². The molecule has 1 aromatic rings. The van der Waals surface area contributed by atoms with Gasteiger partial charge in [-0.25, -0.2) is 0 Å². The molecule has 1 rings (SSSR count). The molecule has 0 heterocycles. The zero-order valence-electron chi connectivity index (χ0n) is 8.54. The van der Waals surface area contributed by atoms with Crippen LogP contribution >= 0.6 is 0 Å². The zero-order valence-corrected chi connectivity index (χ0v) is 8.54. The lowest BCUT2D eigenvalue weighted by molar-refractivity contribution is 0.304. The van der Waals surface area contributed by atoms with E-state index in [1.54, 1.807) is 0 Å². The van der Waals surface area contributed by atoms with E-state index in [1.807, 2.05) is 7.05 Å². The summed E-state index contributed by atoms with van der Waals surface area (Å²) in [7, 11) is 1.99. The first-order chi connectivity index (χ1) is 6.13. The van der Waals surface area contributed by atoms with E-state index in [9.17, 15) is 0 Å². The van der Waals surface area contributed by atoms with Crippen molar-refractivity contribution in [1.29, 1.82) is 0 Å². The van der Waals surface area contributed by atoms with Gasteiger partial charge in [0, 0.05) is 19.3 Å². The van der Waals surface area contributed by atoms with Crippen LogP contribution in [0.1, 0.15) is 11.1 Å². The van der Waals surface area contributed by atoms with Gasteiger partial charge in [-0.15, -0.1) is 0 Å². The molecule has 0 amide bonds. The van der Waals surface area contributed by atoms with Crippen LogP contribution < -0.4 is 4.90 Å². The number of rotatable bonds is 3. The molecule has 0 radical (unpaired) electrons. The van der Waals surface area contributed by atoms with Crippen LogP contribution in [0.15, 0.2) is 18.2 Å². The highest BCUT2D eigenvalue weighted by Gasteiger charge is 2.00. The van der Waals surface area contributed by atoms with Gasteiger partial charge in [0.15, 0.2) is 0 Å². The number of aliphatic hydroxyl groups is 1. The number of likely N-dealkylation sites (N-methyl/N-ethyl adjacent to an activating group) is 1. The summed E-state index contributed by atoms with van der Waals surface area (Å²) in [6, 6.07) is 6.40. The molecular formula is C11H17NO. The monoisotopic (exact) mass is 179 g/mol. The van der Waals surface area contributed by atoms with E-state index in [0.29, 0.717) is 6.54 Å². The molecule has 0 aliphatic heterocycles. The van der Waals surface area contributed by atoms with Gasteiger partial charge in [0.1, 0.15) is 0 Å². The number of nitrogens with zero attached hydrogens (tertiary/aromatic N) is 1. The summed E-state index contributed by atoms with van der Waals surface area (Å²) >= 11 is 0. The summed E-state index contributed by atoms with van der Waals surface area (Å²) in [6.07, 6.45) is 0. The third kappa shape index (κ3) is 2.74. The minimum atomic E-state index is 0.198. The highest BCUT2D eigenvalue weighted by atomic mass is 16.3. The Balaban J connectivity index is 2.87. The summed E-state index contributed by atoms with van der Waals surface area (Å²) < 4.78 is 0. The fraction of sp³-hybridized carbons (Fsp3) is 0.455. The van der Waals surface area contributed by atoms with Crippen LogP contribution in [0.5, 0.6) is 0 Å². The van der Waals surface area contributed by atoms with Gasteiger partial charge < -0.3 is 10.0 Å². The largest absolute Gasteiger partial charge is 0.395 e. The molecule has 0 atom stereocenters. The minimum Gasteiger partial charge on any atom is -0.395 e. The summed E-state index contributed by atoms with van der Waals surface area (Å²) in [5.41, 5.74) is 3.70. The van der Waals surface area contributed by atoms with Gasteiger partial charge in [0.25, 0.3) is 0 Å². The molecule has 2 nitrogen and oxygen atoms in total. The van der Waals surface area contributed by atoms with Gasteiger partial charge in [-0.1, -0.05) is 6.07 Å². The second-order valence-electron chi connectivity index (χ2n) is 3.49. The fourth-order valence-electron chi connectivity index (χ4n) is 1.45. The van der Waals surface area contributed by atoms with Crippen molar-refractivity contribution in [3.8, 4) is 0 Å². The van der Waals surface area contributed by atoms with E-state index in [4.69, 9.17) is 5.11 Å². The quantitative estimate of drug-likeness (QED) is 0.764. The maximum atomic E-state index is 8.79. The van der Waals surface area contributed by atoms with E-state index in [0.717, 1.165) is 0 Å². The van der Waals surface area contributed by atoms with Crippen LogP contribution in [0.25, 0.3) is 0 Å². The van der Waals surface area contributed by atoms with E-state index >= 15 is 0 Å². The molecule has 0 bridgehead atoms. The maximum absolute atomic E-state index is 8.79. The lowest BCUT2D eigenvalue weighted by atomic mass is 10.1.